The van der Waals surface area contributed by atoms with Crippen molar-refractivity contribution in [2.24, 2.45) is 5.73 Å². The molecule has 2 aromatic carbocycles. The maximum atomic E-state index is 12.0. The number of primary amides is 1. The largest absolute Gasteiger partial charge is 0.350 e. The number of nitro groups is 1. The number of benzene rings is 2. The maximum absolute atomic E-state index is 12.0. The third kappa shape index (κ3) is 3.83. The van der Waals surface area contributed by atoms with Gasteiger partial charge in [-0.05, 0) is 52.5 Å². The van der Waals surface area contributed by atoms with Gasteiger partial charge in [-0.1, -0.05) is 19.1 Å². The van der Waals surface area contributed by atoms with Crippen molar-refractivity contribution in [2.75, 3.05) is 10.4 Å². The summed E-state index contributed by atoms with van der Waals surface area (Å²) in [6.45, 7) is 3.78. The van der Waals surface area contributed by atoms with Crippen LogP contribution in [0.3, 0.4) is 0 Å². The number of nitrogens with one attached hydrogen (secondary N) is 1. The van der Waals surface area contributed by atoms with Crippen LogP contribution in [0.2, 0.25) is 0 Å². The van der Waals surface area contributed by atoms with Gasteiger partial charge in [0.05, 0.1) is 20.8 Å². The number of non-ortho nitro benzene ring substituents is 1. The van der Waals surface area contributed by atoms with Gasteiger partial charge in [-0.25, -0.2) is 9.80 Å². The first-order valence-corrected chi connectivity index (χ1v) is 8.02. The molecule has 126 valence electrons. The average molecular weight is 393 g/mol. The second-order valence-corrected chi connectivity index (χ2v) is 6.06. The van der Waals surface area contributed by atoms with Gasteiger partial charge in [-0.3, -0.25) is 15.5 Å². The smallest absolute Gasteiger partial charge is 0.338 e. The van der Waals surface area contributed by atoms with Crippen molar-refractivity contribution in [3.63, 3.8) is 0 Å². The van der Waals surface area contributed by atoms with E-state index in [0.29, 0.717) is 27.8 Å². The van der Waals surface area contributed by atoms with Gasteiger partial charge >= 0.3 is 6.03 Å². The molecule has 0 saturated heterocycles. The molecular formula is C16H17BrN4O3. The Morgan fingerprint density at radius 3 is 2.62 bits per heavy atom. The molecule has 8 heteroatoms. The summed E-state index contributed by atoms with van der Waals surface area (Å²) in [6, 6.07) is 9.51. The Hall–Kier alpha value is -2.61. The molecular weight excluding hydrogens is 376 g/mol. The number of carbonyl (C=O) groups excluding carboxylic acids is 1. The van der Waals surface area contributed by atoms with Gasteiger partial charge in [-0.15, -0.1) is 0 Å². The third-order valence-corrected chi connectivity index (χ3v) is 4.03. The van der Waals surface area contributed by atoms with E-state index >= 15 is 0 Å². The molecule has 7 nitrogen and oxygen atoms in total. The quantitative estimate of drug-likeness (QED) is 0.589. The summed E-state index contributed by atoms with van der Waals surface area (Å²) in [5, 5.41) is 12.2. The van der Waals surface area contributed by atoms with E-state index in [1.54, 1.807) is 6.07 Å². The Balaban J connectivity index is 2.51. The van der Waals surface area contributed by atoms with E-state index in [1.165, 1.54) is 17.1 Å². The molecule has 0 unspecified atom stereocenters. The summed E-state index contributed by atoms with van der Waals surface area (Å²) in [4.78, 5) is 22.5. The fourth-order valence-electron chi connectivity index (χ4n) is 2.33. The topological polar surface area (TPSA) is 102 Å². The molecule has 0 radical (unpaired) electrons. The Morgan fingerprint density at radius 2 is 2.08 bits per heavy atom. The number of nitrogens with zero attached hydrogens (tertiary/aromatic N) is 2. The van der Waals surface area contributed by atoms with Crippen LogP contribution in [-0.4, -0.2) is 11.0 Å². The van der Waals surface area contributed by atoms with Gasteiger partial charge in [0.2, 0.25) is 0 Å². The highest BCUT2D eigenvalue weighted by Gasteiger charge is 2.22. The predicted molar refractivity (Wildman–Crippen MR) is 97.0 cm³/mol. The molecule has 0 fully saturated rings. The van der Waals surface area contributed by atoms with E-state index in [9.17, 15) is 14.9 Å². The van der Waals surface area contributed by atoms with Crippen molar-refractivity contribution in [3.8, 4) is 0 Å². The zero-order chi connectivity index (χ0) is 17.9. The zero-order valence-electron chi connectivity index (χ0n) is 13.2. The highest BCUT2D eigenvalue weighted by atomic mass is 79.9. The normalized spacial score (nSPS) is 10.3. The van der Waals surface area contributed by atoms with Crippen LogP contribution in [0.4, 0.5) is 21.9 Å². The van der Waals surface area contributed by atoms with Crippen LogP contribution in [0, 0.1) is 17.0 Å². The van der Waals surface area contributed by atoms with E-state index in [4.69, 9.17) is 5.73 Å². The lowest BCUT2D eigenvalue weighted by Gasteiger charge is -2.25. The molecule has 24 heavy (non-hydrogen) atoms. The zero-order valence-corrected chi connectivity index (χ0v) is 14.8. The van der Waals surface area contributed by atoms with Crippen LogP contribution < -0.4 is 16.2 Å². The summed E-state index contributed by atoms with van der Waals surface area (Å²) in [5.74, 6) is 0. The lowest BCUT2D eigenvalue weighted by molar-refractivity contribution is -0.385. The number of amides is 2. The van der Waals surface area contributed by atoms with Gasteiger partial charge < -0.3 is 5.73 Å². The molecule has 0 aromatic heterocycles. The molecule has 0 aliphatic carbocycles. The predicted octanol–water partition coefficient (Wildman–Crippen LogP) is 4.14. The van der Waals surface area contributed by atoms with E-state index in [0.717, 1.165) is 5.56 Å². The van der Waals surface area contributed by atoms with Gasteiger partial charge in [0, 0.05) is 12.1 Å². The lowest BCUT2D eigenvalue weighted by atomic mass is 10.1. The van der Waals surface area contributed by atoms with E-state index < -0.39 is 11.0 Å². The van der Waals surface area contributed by atoms with Crippen LogP contribution >= 0.6 is 15.9 Å². The minimum Gasteiger partial charge on any atom is -0.350 e. The molecule has 0 spiro atoms. The van der Waals surface area contributed by atoms with Crippen LogP contribution in [0.1, 0.15) is 18.1 Å². The second-order valence-electron chi connectivity index (χ2n) is 5.20. The Morgan fingerprint density at radius 1 is 1.38 bits per heavy atom. The summed E-state index contributed by atoms with van der Waals surface area (Å²) in [7, 11) is 0. The maximum Gasteiger partial charge on any atom is 0.338 e. The first kappa shape index (κ1) is 17.7. The first-order chi connectivity index (χ1) is 11.3. The van der Waals surface area contributed by atoms with Gasteiger partial charge in [0.15, 0.2) is 0 Å². The van der Waals surface area contributed by atoms with Crippen molar-refractivity contribution in [1.82, 2.24) is 0 Å². The fourth-order valence-corrected chi connectivity index (χ4v) is 3.00. The molecule has 0 bridgehead atoms. The van der Waals surface area contributed by atoms with Crippen molar-refractivity contribution in [3.05, 3.63) is 62.1 Å². The Kier molecular flexibility index (Phi) is 5.40. The van der Waals surface area contributed by atoms with Gasteiger partial charge in [-0.2, -0.15) is 0 Å². The number of rotatable bonds is 5. The highest BCUT2D eigenvalue weighted by molar-refractivity contribution is 9.10. The van der Waals surface area contributed by atoms with Crippen LogP contribution in [0.5, 0.6) is 0 Å². The van der Waals surface area contributed by atoms with Crippen molar-refractivity contribution in [2.45, 2.75) is 20.3 Å². The number of hydrazine groups is 1. The molecule has 0 saturated carbocycles. The fraction of sp³-hybridized carbons (Fsp3) is 0.188. The van der Waals surface area contributed by atoms with Crippen LogP contribution in [0.25, 0.3) is 0 Å². The molecule has 2 aromatic rings. The number of carbonyl (C=O) groups is 1. The van der Waals surface area contributed by atoms with Gasteiger partial charge in [0.1, 0.15) is 0 Å². The summed E-state index contributed by atoms with van der Waals surface area (Å²) in [5.41, 5.74) is 11.2. The van der Waals surface area contributed by atoms with E-state index in [2.05, 4.69) is 21.4 Å². The number of hydrogen-bond acceptors (Lipinski definition) is 4. The Bertz CT molecular complexity index is 795. The number of nitrogens with two attached hydrogens (primary N) is 1. The summed E-state index contributed by atoms with van der Waals surface area (Å²) in [6.07, 6.45) is 0.495. The van der Waals surface area contributed by atoms with Crippen molar-refractivity contribution >= 4 is 39.0 Å². The molecule has 0 aliphatic rings. The van der Waals surface area contributed by atoms with E-state index in [1.807, 2.05) is 32.0 Å². The SMILES string of the molecule is CCc1cc([N+](=O)[O-])cc(Br)c1N(Nc1cccc(C)c1)C(N)=O. The minimum atomic E-state index is -0.722. The molecule has 2 amide bonds. The van der Waals surface area contributed by atoms with Crippen LogP contribution in [0.15, 0.2) is 40.9 Å². The average Bonchev–Trinajstić information content (AvgIpc) is 2.52. The van der Waals surface area contributed by atoms with Crippen LogP contribution in [-0.2, 0) is 6.42 Å². The first-order valence-electron chi connectivity index (χ1n) is 7.23. The second kappa shape index (κ2) is 7.31. The standard InChI is InChI=1S/C16H17BrN4O3/c1-3-11-8-13(21(23)24)9-14(17)15(11)20(16(18)22)19-12-6-4-5-10(2)7-12/h4-9,19H,3H2,1-2H3,(H2,18,22). The van der Waals surface area contributed by atoms with Gasteiger partial charge in [0.25, 0.3) is 5.69 Å². The monoisotopic (exact) mass is 392 g/mol. The number of halogens is 1. The molecule has 3 N–H and O–H groups in total. The number of urea groups is 1. The molecule has 0 heterocycles. The molecule has 0 atom stereocenters. The lowest BCUT2D eigenvalue weighted by Crippen LogP contribution is -2.41. The number of aryl methyl sites for hydroxylation is 2. The number of anilines is 2. The van der Waals surface area contributed by atoms with E-state index in [-0.39, 0.29) is 5.69 Å². The third-order valence-electron chi connectivity index (χ3n) is 3.42. The molecule has 0 aliphatic heterocycles. The summed E-state index contributed by atoms with van der Waals surface area (Å²) < 4.78 is 0.410. The summed E-state index contributed by atoms with van der Waals surface area (Å²) >= 11 is 3.31. The van der Waals surface area contributed by atoms with Crippen molar-refractivity contribution < 1.29 is 9.72 Å². The Labute approximate surface area is 147 Å². The number of hydrogen-bond donors (Lipinski definition) is 2. The molecule has 2 rings (SSSR count). The highest BCUT2D eigenvalue weighted by Crippen LogP contribution is 2.35. The van der Waals surface area contributed by atoms with Crippen molar-refractivity contribution in [1.29, 1.82) is 0 Å². The minimum absolute atomic E-state index is 0.0533. The number of nitro benzene ring substituents is 1.